The van der Waals surface area contributed by atoms with Crippen LogP contribution in [0.1, 0.15) is 5.56 Å². The van der Waals surface area contributed by atoms with Gasteiger partial charge in [0, 0.05) is 8.95 Å². The first-order chi connectivity index (χ1) is 6.88. The Kier molecular flexibility index (Phi) is 6.57. The van der Waals surface area contributed by atoms with E-state index in [1.165, 1.54) is 17.0 Å². The lowest BCUT2D eigenvalue weighted by molar-refractivity contribution is -0.836. The molecule has 3 nitrogen and oxygen atoms in total. The van der Waals surface area contributed by atoms with Crippen molar-refractivity contribution in [2.24, 2.45) is 0 Å². The van der Waals surface area contributed by atoms with Crippen LogP contribution < -0.4 is 10.0 Å². The monoisotopic (exact) mass is 334 g/mol. The van der Waals surface area contributed by atoms with Gasteiger partial charge in [0.1, 0.15) is 0 Å². The quantitative estimate of drug-likeness (QED) is 0.766. The summed E-state index contributed by atoms with van der Waals surface area (Å²) < 4.78 is 0.812. The van der Waals surface area contributed by atoms with Crippen LogP contribution in [0.15, 0.2) is 21.1 Å². The Hall–Kier alpha value is -0.570. The minimum Gasteiger partial charge on any atom is -0.871 e. The summed E-state index contributed by atoms with van der Waals surface area (Å²) in [6.45, 7) is 0. The average molecular weight is 336 g/mol. The van der Waals surface area contributed by atoms with Crippen LogP contribution in [0.3, 0.4) is 0 Å². The smallest absolute Gasteiger partial charge is 0.0992 e. The third kappa shape index (κ3) is 5.78. The van der Waals surface area contributed by atoms with Gasteiger partial charge in [-0.25, -0.2) is 0 Å². The third-order valence-corrected chi connectivity index (χ3v) is 2.31. The second-order valence-electron chi connectivity index (χ2n) is 3.38. The maximum Gasteiger partial charge on any atom is 0.0992 e. The number of quaternary nitrogens is 1. The highest BCUT2D eigenvalue weighted by Gasteiger charge is 1.97. The van der Waals surface area contributed by atoms with Crippen molar-refractivity contribution in [1.82, 2.24) is 0 Å². The Morgan fingerprint density at radius 2 is 1.53 bits per heavy atom. The van der Waals surface area contributed by atoms with Crippen LogP contribution in [0.4, 0.5) is 0 Å². The zero-order chi connectivity index (χ0) is 12.0. The van der Waals surface area contributed by atoms with Gasteiger partial charge in [0.2, 0.25) is 0 Å². The molecule has 0 amide bonds. The molecule has 82 valence electrons. The normalized spacial score (nSPS) is 9.13. The second-order valence-corrected chi connectivity index (χ2v) is 5.09. The molecule has 1 N–H and O–H groups in total. The number of rotatable bonds is 0. The van der Waals surface area contributed by atoms with Crippen molar-refractivity contribution in [1.29, 1.82) is 5.26 Å². The van der Waals surface area contributed by atoms with Gasteiger partial charge in [-0.3, -0.25) is 0 Å². The molecule has 0 heterocycles. The minimum absolute atomic E-state index is 0.135. The summed E-state index contributed by atoms with van der Waals surface area (Å²) in [6, 6.07) is 4.92. The lowest BCUT2D eigenvalue weighted by Gasteiger charge is -2.10. The third-order valence-electron chi connectivity index (χ3n) is 1.13. The molecular weight excluding hydrogens is 324 g/mol. The van der Waals surface area contributed by atoms with Crippen molar-refractivity contribution < 1.29 is 10.0 Å². The Morgan fingerprint density at radius 3 is 1.80 bits per heavy atom. The standard InChI is InChI=1S/C7H3Br2NO.C3H9N/c8-5-1-4(3-10)2-6(9)7(5)11;1-4(2)3/h1-2,11H;1-3H3. The molecule has 0 saturated carbocycles. The zero-order valence-electron chi connectivity index (χ0n) is 8.77. The fourth-order valence-electron chi connectivity index (χ4n) is 0.624. The first-order valence-electron chi connectivity index (χ1n) is 4.21. The van der Waals surface area contributed by atoms with Crippen molar-refractivity contribution in [2.45, 2.75) is 0 Å². The lowest BCUT2D eigenvalue weighted by atomic mass is 10.2. The lowest BCUT2D eigenvalue weighted by Crippen LogP contribution is -3.02. The Balaban J connectivity index is 0.000000423. The molecular formula is C10H12Br2N2O. The molecule has 0 fully saturated rings. The van der Waals surface area contributed by atoms with Crippen molar-refractivity contribution >= 4 is 31.9 Å². The van der Waals surface area contributed by atoms with E-state index in [0.29, 0.717) is 14.5 Å². The number of nitrogens with zero attached hydrogens (tertiary/aromatic N) is 1. The highest BCUT2D eigenvalue weighted by molar-refractivity contribution is 9.11. The van der Waals surface area contributed by atoms with Crippen LogP contribution in [0.25, 0.3) is 0 Å². The van der Waals surface area contributed by atoms with Crippen LogP contribution in [0.5, 0.6) is 5.75 Å². The Bertz CT molecular complexity index is 346. The molecule has 0 aliphatic heterocycles. The van der Waals surface area contributed by atoms with Crippen molar-refractivity contribution in [3.8, 4) is 11.8 Å². The Labute approximate surface area is 107 Å². The van der Waals surface area contributed by atoms with Gasteiger partial charge in [-0.1, -0.05) is 37.6 Å². The van der Waals surface area contributed by atoms with Gasteiger partial charge in [-0.05, 0) is 12.1 Å². The van der Waals surface area contributed by atoms with Gasteiger partial charge < -0.3 is 10.0 Å². The van der Waals surface area contributed by atoms with E-state index in [1.54, 1.807) is 0 Å². The van der Waals surface area contributed by atoms with E-state index in [4.69, 9.17) is 5.26 Å². The van der Waals surface area contributed by atoms with E-state index in [1.807, 2.05) is 6.07 Å². The molecule has 0 spiro atoms. The average Bonchev–Trinajstić information content (AvgIpc) is 2.12. The predicted molar refractivity (Wildman–Crippen MR) is 64.7 cm³/mol. The van der Waals surface area contributed by atoms with Crippen molar-refractivity contribution in [2.75, 3.05) is 21.1 Å². The van der Waals surface area contributed by atoms with E-state index in [0.717, 1.165) is 0 Å². The largest absolute Gasteiger partial charge is 0.871 e. The van der Waals surface area contributed by atoms with E-state index < -0.39 is 0 Å². The van der Waals surface area contributed by atoms with E-state index >= 15 is 0 Å². The highest BCUT2D eigenvalue weighted by atomic mass is 79.9. The molecule has 0 aliphatic carbocycles. The topological polar surface area (TPSA) is 51.3 Å². The molecule has 0 aromatic heterocycles. The number of halogens is 2. The summed E-state index contributed by atoms with van der Waals surface area (Å²) in [4.78, 5) is 1.42. The summed E-state index contributed by atoms with van der Waals surface area (Å²) in [5.41, 5.74) is 0.461. The van der Waals surface area contributed by atoms with Crippen LogP contribution >= 0.6 is 31.9 Å². The number of hydrogen-bond donors (Lipinski definition) is 1. The first-order valence-corrected chi connectivity index (χ1v) is 5.80. The molecule has 1 aromatic rings. The molecule has 0 saturated heterocycles. The zero-order valence-corrected chi connectivity index (χ0v) is 11.9. The maximum atomic E-state index is 11.0. The highest BCUT2D eigenvalue weighted by Crippen LogP contribution is 2.30. The van der Waals surface area contributed by atoms with E-state index in [9.17, 15) is 5.11 Å². The van der Waals surface area contributed by atoms with E-state index in [2.05, 4.69) is 53.0 Å². The van der Waals surface area contributed by atoms with Gasteiger partial charge >= 0.3 is 0 Å². The van der Waals surface area contributed by atoms with Gasteiger partial charge in [-0.15, -0.1) is 0 Å². The molecule has 0 unspecified atom stereocenters. The SMILES string of the molecule is C[NH+](C)C.N#Cc1cc(Br)c([O-])c(Br)c1. The van der Waals surface area contributed by atoms with Crippen LogP contribution in [-0.2, 0) is 0 Å². The molecule has 1 aromatic carbocycles. The number of nitrogens with one attached hydrogen (secondary N) is 1. The summed E-state index contributed by atoms with van der Waals surface area (Å²) in [7, 11) is 6.25. The molecule has 15 heavy (non-hydrogen) atoms. The summed E-state index contributed by atoms with van der Waals surface area (Å²) in [6.07, 6.45) is 0. The number of nitriles is 1. The maximum absolute atomic E-state index is 11.0. The first kappa shape index (κ1) is 14.4. The fourth-order valence-corrected chi connectivity index (χ4v) is 1.81. The van der Waals surface area contributed by atoms with Gasteiger partial charge in [0.25, 0.3) is 0 Å². The molecule has 0 radical (unpaired) electrons. The van der Waals surface area contributed by atoms with Gasteiger partial charge in [-0.2, -0.15) is 5.26 Å². The van der Waals surface area contributed by atoms with Gasteiger partial charge in [0.15, 0.2) is 0 Å². The number of hydrogen-bond acceptors (Lipinski definition) is 2. The predicted octanol–water partition coefficient (Wildman–Crippen LogP) is 0.918. The number of benzene rings is 1. The fraction of sp³-hybridized carbons (Fsp3) is 0.300. The van der Waals surface area contributed by atoms with Gasteiger partial charge in [0.05, 0.1) is 32.8 Å². The summed E-state index contributed by atoms with van der Waals surface area (Å²) in [5, 5.41) is 19.5. The molecule has 0 bridgehead atoms. The second kappa shape index (κ2) is 6.83. The molecule has 1 rings (SSSR count). The molecule has 0 atom stereocenters. The molecule has 0 aliphatic rings. The minimum atomic E-state index is -0.135. The van der Waals surface area contributed by atoms with Crippen molar-refractivity contribution in [3.63, 3.8) is 0 Å². The van der Waals surface area contributed by atoms with Crippen LogP contribution in [0.2, 0.25) is 0 Å². The van der Waals surface area contributed by atoms with Crippen LogP contribution in [0, 0.1) is 11.3 Å². The summed E-state index contributed by atoms with van der Waals surface area (Å²) in [5.74, 6) is -0.135. The molecule has 5 heteroatoms. The Morgan fingerprint density at radius 1 is 1.20 bits per heavy atom. The van der Waals surface area contributed by atoms with Crippen molar-refractivity contribution in [3.05, 3.63) is 26.6 Å². The van der Waals surface area contributed by atoms with Crippen LogP contribution in [-0.4, -0.2) is 21.1 Å². The summed E-state index contributed by atoms with van der Waals surface area (Å²) >= 11 is 6.09. The van der Waals surface area contributed by atoms with E-state index in [-0.39, 0.29) is 5.75 Å².